The number of rotatable bonds is 2. The van der Waals surface area contributed by atoms with E-state index < -0.39 is 11.8 Å². The normalized spacial score (nSPS) is 20.2. The van der Waals surface area contributed by atoms with Gasteiger partial charge in [-0.25, -0.2) is 0 Å². The molecule has 3 amide bonds. The molecule has 0 spiro atoms. The quantitative estimate of drug-likeness (QED) is 0.819. The SMILES string of the molecule is CC1(C)CC[C@@H](NC(=O)c2ccc3c(c2)C(=O)NC3=O)c2ccccc21. The van der Waals surface area contributed by atoms with Gasteiger partial charge in [0.2, 0.25) is 0 Å². The van der Waals surface area contributed by atoms with Crippen molar-refractivity contribution in [3.63, 3.8) is 0 Å². The summed E-state index contributed by atoms with van der Waals surface area (Å²) in [6, 6.07) is 12.8. The first-order valence-electron chi connectivity index (χ1n) is 8.77. The van der Waals surface area contributed by atoms with Crippen LogP contribution in [0.15, 0.2) is 42.5 Å². The lowest BCUT2D eigenvalue weighted by Gasteiger charge is -2.37. The Morgan fingerprint density at radius 1 is 1.08 bits per heavy atom. The van der Waals surface area contributed by atoms with Crippen molar-refractivity contribution in [2.75, 3.05) is 0 Å². The van der Waals surface area contributed by atoms with Gasteiger partial charge in [-0.2, -0.15) is 0 Å². The van der Waals surface area contributed by atoms with Crippen LogP contribution in [0.3, 0.4) is 0 Å². The van der Waals surface area contributed by atoms with Gasteiger partial charge in [0.25, 0.3) is 17.7 Å². The number of carbonyl (C=O) groups excluding carboxylic acids is 3. The zero-order valence-corrected chi connectivity index (χ0v) is 14.8. The minimum atomic E-state index is -0.454. The lowest BCUT2D eigenvalue weighted by Crippen LogP contribution is -2.35. The number of hydrogen-bond acceptors (Lipinski definition) is 3. The summed E-state index contributed by atoms with van der Waals surface area (Å²) in [5.74, 6) is -1.11. The maximum Gasteiger partial charge on any atom is 0.258 e. The molecule has 4 rings (SSSR count). The van der Waals surface area contributed by atoms with E-state index in [1.54, 1.807) is 6.07 Å². The third-order valence-electron chi connectivity index (χ3n) is 5.43. The zero-order valence-electron chi connectivity index (χ0n) is 14.8. The molecule has 132 valence electrons. The van der Waals surface area contributed by atoms with Gasteiger partial charge in [-0.1, -0.05) is 38.1 Å². The van der Waals surface area contributed by atoms with Crippen LogP contribution in [0.1, 0.15) is 74.9 Å². The molecule has 26 heavy (non-hydrogen) atoms. The van der Waals surface area contributed by atoms with Crippen molar-refractivity contribution in [1.82, 2.24) is 10.6 Å². The summed E-state index contributed by atoms with van der Waals surface area (Å²) in [5.41, 5.74) is 3.45. The first-order chi connectivity index (χ1) is 12.4. The van der Waals surface area contributed by atoms with Crippen LogP contribution in [-0.2, 0) is 5.41 Å². The summed E-state index contributed by atoms with van der Waals surface area (Å²) >= 11 is 0. The van der Waals surface area contributed by atoms with Crippen LogP contribution in [0.5, 0.6) is 0 Å². The summed E-state index contributed by atoms with van der Waals surface area (Å²) in [6.45, 7) is 4.44. The summed E-state index contributed by atoms with van der Waals surface area (Å²) in [7, 11) is 0. The standard InChI is InChI=1S/C21H20N2O3/c1-21(2)10-9-17(14-5-3-4-6-16(14)21)22-18(24)12-7-8-13-15(11-12)20(26)23-19(13)25/h3-8,11,17H,9-10H2,1-2H3,(H,22,24)(H,23,25,26)/t17-/m1/s1. The van der Waals surface area contributed by atoms with Gasteiger partial charge < -0.3 is 5.32 Å². The number of imide groups is 1. The second-order valence-corrected chi connectivity index (χ2v) is 7.58. The first-order valence-corrected chi connectivity index (χ1v) is 8.77. The number of hydrogen-bond donors (Lipinski definition) is 2. The molecule has 0 saturated carbocycles. The molecule has 0 radical (unpaired) electrons. The minimum absolute atomic E-state index is 0.0598. The van der Waals surface area contributed by atoms with E-state index in [-0.39, 0.29) is 22.9 Å². The fraction of sp³-hybridized carbons (Fsp3) is 0.286. The maximum atomic E-state index is 12.7. The third-order valence-corrected chi connectivity index (χ3v) is 5.43. The molecule has 0 saturated heterocycles. The Hall–Kier alpha value is -2.95. The molecule has 0 fully saturated rings. The molecule has 2 aliphatic rings. The molecule has 5 nitrogen and oxygen atoms in total. The van der Waals surface area contributed by atoms with Crippen molar-refractivity contribution in [2.24, 2.45) is 0 Å². The second-order valence-electron chi connectivity index (χ2n) is 7.58. The summed E-state index contributed by atoms with van der Waals surface area (Å²) in [4.78, 5) is 36.2. The molecule has 5 heteroatoms. The fourth-order valence-corrected chi connectivity index (χ4v) is 3.91. The van der Waals surface area contributed by atoms with Gasteiger partial charge in [0, 0.05) is 5.56 Å². The highest BCUT2D eigenvalue weighted by molar-refractivity contribution is 6.22. The lowest BCUT2D eigenvalue weighted by molar-refractivity contribution is 0.0878. The van der Waals surface area contributed by atoms with Gasteiger partial charge in [0.05, 0.1) is 17.2 Å². The Morgan fingerprint density at radius 2 is 1.81 bits per heavy atom. The van der Waals surface area contributed by atoms with Crippen molar-refractivity contribution in [3.05, 3.63) is 70.3 Å². The molecule has 1 heterocycles. The van der Waals surface area contributed by atoms with E-state index in [1.165, 1.54) is 17.7 Å². The Labute approximate surface area is 151 Å². The summed E-state index contributed by atoms with van der Waals surface area (Å²) in [6.07, 6.45) is 1.84. The van der Waals surface area contributed by atoms with E-state index in [4.69, 9.17) is 0 Å². The lowest BCUT2D eigenvalue weighted by atomic mass is 9.71. The molecule has 2 N–H and O–H groups in total. The van der Waals surface area contributed by atoms with Crippen LogP contribution in [-0.4, -0.2) is 17.7 Å². The topological polar surface area (TPSA) is 75.3 Å². The smallest absolute Gasteiger partial charge is 0.258 e. The third kappa shape index (κ3) is 2.60. The van der Waals surface area contributed by atoms with E-state index in [2.05, 4.69) is 36.6 Å². The molecule has 2 aromatic carbocycles. The van der Waals surface area contributed by atoms with E-state index in [9.17, 15) is 14.4 Å². The number of nitrogens with one attached hydrogen (secondary N) is 2. The average molecular weight is 348 g/mol. The number of benzene rings is 2. The van der Waals surface area contributed by atoms with Gasteiger partial charge in [-0.3, -0.25) is 19.7 Å². The first kappa shape index (κ1) is 16.5. The van der Waals surface area contributed by atoms with Crippen LogP contribution < -0.4 is 10.6 Å². The van der Waals surface area contributed by atoms with Crippen LogP contribution in [0.25, 0.3) is 0 Å². The van der Waals surface area contributed by atoms with Gasteiger partial charge in [0.15, 0.2) is 0 Å². The van der Waals surface area contributed by atoms with Crippen LogP contribution in [0.4, 0.5) is 0 Å². The van der Waals surface area contributed by atoms with Gasteiger partial charge in [-0.05, 0) is 47.6 Å². The van der Waals surface area contributed by atoms with Crippen molar-refractivity contribution >= 4 is 17.7 Å². The van der Waals surface area contributed by atoms with Crippen molar-refractivity contribution in [3.8, 4) is 0 Å². The fourth-order valence-electron chi connectivity index (χ4n) is 3.91. The summed E-state index contributed by atoms with van der Waals surface area (Å²) < 4.78 is 0. The molecule has 0 bridgehead atoms. The molecular weight excluding hydrogens is 328 g/mol. The van der Waals surface area contributed by atoms with Gasteiger partial charge >= 0.3 is 0 Å². The van der Waals surface area contributed by atoms with Crippen LogP contribution in [0, 0.1) is 0 Å². The van der Waals surface area contributed by atoms with Crippen molar-refractivity contribution < 1.29 is 14.4 Å². The van der Waals surface area contributed by atoms with E-state index in [0.29, 0.717) is 11.1 Å². The van der Waals surface area contributed by atoms with Crippen molar-refractivity contribution in [2.45, 2.75) is 38.1 Å². The monoisotopic (exact) mass is 348 g/mol. The molecule has 1 aliphatic carbocycles. The number of fused-ring (bicyclic) bond motifs is 2. The van der Waals surface area contributed by atoms with Crippen LogP contribution in [0.2, 0.25) is 0 Å². The molecule has 1 atom stereocenters. The van der Waals surface area contributed by atoms with E-state index >= 15 is 0 Å². The molecule has 0 unspecified atom stereocenters. The number of amides is 3. The maximum absolute atomic E-state index is 12.7. The van der Waals surface area contributed by atoms with Crippen molar-refractivity contribution in [1.29, 1.82) is 0 Å². The molecular formula is C21H20N2O3. The minimum Gasteiger partial charge on any atom is -0.345 e. The van der Waals surface area contributed by atoms with E-state index in [0.717, 1.165) is 18.4 Å². The summed E-state index contributed by atoms with van der Waals surface area (Å²) in [5, 5.41) is 5.33. The highest BCUT2D eigenvalue weighted by Gasteiger charge is 2.33. The Kier molecular flexibility index (Phi) is 3.68. The van der Waals surface area contributed by atoms with Gasteiger partial charge in [0.1, 0.15) is 0 Å². The zero-order chi connectivity index (χ0) is 18.5. The average Bonchev–Trinajstić information content (AvgIpc) is 2.91. The molecule has 1 aliphatic heterocycles. The largest absolute Gasteiger partial charge is 0.345 e. The highest BCUT2D eigenvalue weighted by Crippen LogP contribution is 2.41. The van der Waals surface area contributed by atoms with Crippen LogP contribution >= 0.6 is 0 Å². The van der Waals surface area contributed by atoms with Gasteiger partial charge in [-0.15, -0.1) is 0 Å². The predicted molar refractivity (Wildman–Crippen MR) is 97.1 cm³/mol. The second kappa shape index (κ2) is 5.80. The Balaban J connectivity index is 1.61. The Morgan fingerprint density at radius 3 is 2.62 bits per heavy atom. The highest BCUT2D eigenvalue weighted by atomic mass is 16.2. The Bertz CT molecular complexity index is 946. The molecule has 2 aromatic rings. The number of carbonyl (C=O) groups is 3. The molecule has 0 aromatic heterocycles. The van der Waals surface area contributed by atoms with E-state index in [1.807, 2.05) is 12.1 Å². The predicted octanol–water partition coefficient (Wildman–Crippen LogP) is 3.11.